The van der Waals surface area contributed by atoms with Gasteiger partial charge in [-0.25, -0.2) is 0 Å². The van der Waals surface area contributed by atoms with E-state index in [2.05, 4.69) is 4.98 Å². The minimum Gasteiger partial charge on any atom is -0.488 e. The molecule has 1 aromatic heterocycles. The quantitative estimate of drug-likeness (QED) is 0.361. The van der Waals surface area contributed by atoms with Crippen molar-refractivity contribution in [1.82, 2.24) is 4.98 Å². The number of nitrogens with zero attached hydrogens (tertiary/aromatic N) is 1. The summed E-state index contributed by atoms with van der Waals surface area (Å²) >= 11 is 0. The molecule has 7 heteroatoms. The number of fused-ring (bicyclic) bond motifs is 1. The fourth-order valence-corrected chi connectivity index (χ4v) is 3.36. The van der Waals surface area contributed by atoms with Crippen LogP contribution in [-0.4, -0.2) is 23.0 Å². The molecule has 2 heterocycles. The molecule has 0 saturated carbocycles. The highest BCUT2D eigenvalue weighted by Crippen LogP contribution is 2.31. The maximum atomic E-state index is 10.3. The molecule has 2 aromatic carbocycles. The highest BCUT2D eigenvalue weighted by molar-refractivity contribution is 6.60. The van der Waals surface area contributed by atoms with Crippen LogP contribution in [0.1, 0.15) is 28.4 Å². The van der Waals surface area contributed by atoms with E-state index in [0.29, 0.717) is 24.3 Å². The molecule has 28 heavy (non-hydrogen) atoms. The Labute approximate surface area is 163 Å². The number of aromatic nitrogens is 1. The van der Waals surface area contributed by atoms with Crippen molar-refractivity contribution in [1.29, 1.82) is 5.41 Å². The Morgan fingerprint density at radius 2 is 2.11 bits per heavy atom. The van der Waals surface area contributed by atoms with Crippen LogP contribution >= 0.6 is 0 Å². The molecule has 0 fully saturated rings. The van der Waals surface area contributed by atoms with E-state index in [1.54, 1.807) is 18.5 Å². The van der Waals surface area contributed by atoms with E-state index < -0.39 is 7.12 Å². The van der Waals surface area contributed by atoms with Gasteiger partial charge in [-0.15, -0.1) is 0 Å². The average Bonchev–Trinajstić information content (AvgIpc) is 2.72. The molecule has 0 aliphatic carbocycles. The Morgan fingerprint density at radius 3 is 2.89 bits per heavy atom. The predicted molar refractivity (Wildman–Crippen MR) is 108 cm³/mol. The van der Waals surface area contributed by atoms with Crippen LogP contribution in [0.3, 0.4) is 0 Å². The van der Waals surface area contributed by atoms with Crippen LogP contribution in [0.4, 0.5) is 0 Å². The van der Waals surface area contributed by atoms with Crippen LogP contribution < -0.4 is 15.9 Å². The molecule has 0 amide bonds. The second-order valence-electron chi connectivity index (χ2n) is 6.70. The molecular weight excluding hydrogens is 353 g/mol. The van der Waals surface area contributed by atoms with Gasteiger partial charge in [0.2, 0.25) is 0 Å². The van der Waals surface area contributed by atoms with E-state index in [1.807, 2.05) is 48.5 Å². The topological polar surface area (TPSA) is 101 Å². The summed E-state index contributed by atoms with van der Waals surface area (Å²) < 4.78 is 11.8. The van der Waals surface area contributed by atoms with Gasteiger partial charge < -0.3 is 20.1 Å². The molecule has 1 aliphatic heterocycles. The van der Waals surface area contributed by atoms with Crippen molar-refractivity contribution in [3.05, 3.63) is 89.2 Å². The zero-order valence-electron chi connectivity index (χ0n) is 15.2. The van der Waals surface area contributed by atoms with Crippen molar-refractivity contribution in [3.8, 4) is 5.75 Å². The lowest BCUT2D eigenvalue weighted by atomic mass is 9.71. The van der Waals surface area contributed by atoms with E-state index in [-0.39, 0.29) is 11.9 Å². The largest absolute Gasteiger partial charge is 0.491 e. The van der Waals surface area contributed by atoms with Gasteiger partial charge in [-0.1, -0.05) is 36.4 Å². The third-order valence-electron chi connectivity index (χ3n) is 4.80. The van der Waals surface area contributed by atoms with Crippen molar-refractivity contribution in [3.63, 3.8) is 0 Å². The molecule has 140 valence electrons. The lowest BCUT2D eigenvalue weighted by Gasteiger charge is -2.28. The standard InChI is InChI=1S/C21H20BN3O3/c23-21(24)17-8-7-16(11-20(17)27-13-14-4-3-9-25-12-14)19-10-15-5-1-2-6-18(15)22(26)28-19/h1-9,11-12,19,26H,10,13H2,(H3,23,24)/t19-/m1/s1. The Bertz CT molecular complexity index is 997. The molecule has 4 N–H and O–H groups in total. The van der Waals surface area contributed by atoms with Crippen LogP contribution in [0, 0.1) is 5.41 Å². The van der Waals surface area contributed by atoms with Gasteiger partial charge in [-0.2, -0.15) is 0 Å². The van der Waals surface area contributed by atoms with Gasteiger partial charge >= 0.3 is 7.12 Å². The highest BCUT2D eigenvalue weighted by Gasteiger charge is 2.31. The number of rotatable bonds is 5. The lowest BCUT2D eigenvalue weighted by molar-refractivity contribution is 0.167. The SMILES string of the molecule is N=C(N)c1ccc([C@H]2Cc3ccccc3B(O)O2)cc1OCc1cccnc1. The third kappa shape index (κ3) is 3.76. The molecular formula is C21H20BN3O3. The Hall–Kier alpha value is -3.16. The first kappa shape index (κ1) is 18.2. The smallest absolute Gasteiger partial charge is 0.488 e. The molecule has 1 aliphatic rings. The molecule has 0 unspecified atom stereocenters. The summed E-state index contributed by atoms with van der Waals surface area (Å²) in [6, 6.07) is 16.9. The van der Waals surface area contributed by atoms with Gasteiger partial charge in [0.1, 0.15) is 18.2 Å². The normalized spacial score (nSPS) is 15.8. The molecule has 0 saturated heterocycles. The van der Waals surface area contributed by atoms with E-state index in [1.165, 1.54) is 0 Å². The second-order valence-corrected chi connectivity index (χ2v) is 6.70. The van der Waals surface area contributed by atoms with Gasteiger partial charge in [-0.3, -0.25) is 10.4 Å². The van der Waals surface area contributed by atoms with Gasteiger partial charge in [0.05, 0.1) is 11.7 Å². The predicted octanol–water partition coefficient (Wildman–Crippen LogP) is 1.95. The van der Waals surface area contributed by atoms with E-state index in [9.17, 15) is 5.02 Å². The minimum atomic E-state index is -0.970. The summed E-state index contributed by atoms with van der Waals surface area (Å²) in [4.78, 5) is 4.08. The number of benzene rings is 2. The van der Waals surface area contributed by atoms with Crippen LogP contribution in [-0.2, 0) is 17.7 Å². The Balaban J connectivity index is 1.61. The molecule has 6 nitrogen and oxygen atoms in total. The number of hydrogen-bond donors (Lipinski definition) is 3. The lowest BCUT2D eigenvalue weighted by Crippen LogP contribution is -2.42. The van der Waals surface area contributed by atoms with E-state index in [4.69, 9.17) is 20.5 Å². The summed E-state index contributed by atoms with van der Waals surface area (Å²) in [5, 5.41) is 18.2. The van der Waals surface area contributed by atoms with Crippen molar-refractivity contribution < 1.29 is 14.4 Å². The maximum absolute atomic E-state index is 10.3. The number of nitrogens with two attached hydrogens (primary N) is 1. The zero-order chi connectivity index (χ0) is 19.5. The number of pyridine rings is 1. The summed E-state index contributed by atoms with van der Waals surface area (Å²) in [5.41, 5.74) is 9.87. The van der Waals surface area contributed by atoms with Crippen LogP contribution in [0.25, 0.3) is 0 Å². The van der Waals surface area contributed by atoms with E-state index in [0.717, 1.165) is 22.2 Å². The maximum Gasteiger partial charge on any atom is 0.491 e. The summed E-state index contributed by atoms with van der Waals surface area (Å²) in [5.74, 6) is 0.438. The van der Waals surface area contributed by atoms with Crippen molar-refractivity contribution in [2.75, 3.05) is 0 Å². The van der Waals surface area contributed by atoms with Crippen LogP contribution in [0.2, 0.25) is 0 Å². The van der Waals surface area contributed by atoms with Gasteiger partial charge in [0, 0.05) is 24.4 Å². The van der Waals surface area contributed by atoms with Crippen molar-refractivity contribution >= 4 is 18.4 Å². The molecule has 1 atom stereocenters. The number of nitrogen functional groups attached to an aromatic ring is 1. The van der Waals surface area contributed by atoms with E-state index >= 15 is 0 Å². The molecule has 0 radical (unpaired) electrons. The first-order valence-electron chi connectivity index (χ1n) is 9.03. The average molecular weight is 373 g/mol. The molecule has 0 bridgehead atoms. The highest BCUT2D eigenvalue weighted by atomic mass is 16.5. The minimum absolute atomic E-state index is 0.0670. The second kappa shape index (κ2) is 7.84. The number of amidine groups is 1. The monoisotopic (exact) mass is 373 g/mol. The first-order chi connectivity index (χ1) is 13.6. The van der Waals surface area contributed by atoms with Crippen LogP contribution in [0.15, 0.2) is 67.0 Å². The summed E-state index contributed by atoms with van der Waals surface area (Å²) in [7, 11) is -0.970. The van der Waals surface area contributed by atoms with Gasteiger partial charge in [0.15, 0.2) is 0 Å². The van der Waals surface area contributed by atoms with Gasteiger partial charge in [0.25, 0.3) is 0 Å². The summed E-state index contributed by atoms with van der Waals surface area (Å²) in [6.45, 7) is 0.314. The Morgan fingerprint density at radius 1 is 1.25 bits per heavy atom. The molecule has 0 spiro atoms. The zero-order valence-corrected chi connectivity index (χ0v) is 15.2. The fourth-order valence-electron chi connectivity index (χ4n) is 3.36. The van der Waals surface area contributed by atoms with Crippen molar-refractivity contribution in [2.45, 2.75) is 19.1 Å². The number of nitrogens with one attached hydrogen (secondary N) is 1. The fraction of sp³-hybridized carbons (Fsp3) is 0.143. The number of hydrogen-bond acceptors (Lipinski definition) is 5. The van der Waals surface area contributed by atoms with Crippen LogP contribution in [0.5, 0.6) is 5.75 Å². The summed E-state index contributed by atoms with van der Waals surface area (Å²) in [6.07, 6.45) is 3.77. The molecule has 3 aromatic rings. The molecule has 4 rings (SSSR count). The third-order valence-corrected chi connectivity index (χ3v) is 4.80. The first-order valence-corrected chi connectivity index (χ1v) is 9.03. The Kier molecular flexibility index (Phi) is 5.10. The number of ether oxygens (including phenoxy) is 1. The van der Waals surface area contributed by atoms with Gasteiger partial charge in [-0.05, 0) is 34.8 Å². The van der Waals surface area contributed by atoms with Crippen molar-refractivity contribution in [2.24, 2.45) is 5.73 Å².